The molecule has 0 heterocycles. The first-order valence-corrected chi connectivity index (χ1v) is 8.31. The van der Waals surface area contributed by atoms with Crippen molar-refractivity contribution >= 4 is 48.3 Å². The van der Waals surface area contributed by atoms with E-state index in [2.05, 4.69) is 21.3 Å². The predicted molar refractivity (Wildman–Crippen MR) is 105 cm³/mol. The lowest BCUT2D eigenvalue weighted by Crippen LogP contribution is -2.42. The molecule has 2 unspecified atom stereocenters. The van der Waals surface area contributed by atoms with Crippen LogP contribution in [0.15, 0.2) is 0 Å². The zero-order valence-corrected chi connectivity index (χ0v) is 17.8. The standard InChI is InChI=1S/2C7H12N2O4.2CH2O2/c2*1-4(10)5(7(12)13)6(11)9-3-8-2;2*2-1-3/h2*5,8H,3H2,1-2H3,(H,9,11)(H,12,13);2*1H,(H,2,3). The van der Waals surface area contributed by atoms with Crippen LogP contribution in [0.2, 0.25) is 0 Å². The molecule has 0 fully saturated rings. The van der Waals surface area contributed by atoms with Crippen molar-refractivity contribution in [2.24, 2.45) is 11.8 Å². The number of hydrogen-bond acceptors (Lipinski definition) is 10. The highest BCUT2D eigenvalue weighted by Gasteiger charge is 2.31. The summed E-state index contributed by atoms with van der Waals surface area (Å²) in [4.78, 5) is 81.1. The van der Waals surface area contributed by atoms with E-state index in [4.69, 9.17) is 30.0 Å². The van der Waals surface area contributed by atoms with Crippen LogP contribution in [0.1, 0.15) is 13.8 Å². The Kier molecular flexibility index (Phi) is 25.9. The third kappa shape index (κ3) is 20.8. The summed E-state index contributed by atoms with van der Waals surface area (Å²) in [7, 11) is 3.17. The second-order valence-electron chi connectivity index (χ2n) is 5.12. The summed E-state index contributed by atoms with van der Waals surface area (Å²) < 4.78 is 0. The zero-order chi connectivity index (χ0) is 26.3. The number of ketones is 2. The number of hydrogen-bond donors (Lipinski definition) is 8. The summed E-state index contributed by atoms with van der Waals surface area (Å²) in [6, 6.07) is 0. The molecule has 16 nitrogen and oxygen atoms in total. The van der Waals surface area contributed by atoms with Gasteiger partial charge in [0.1, 0.15) is 0 Å². The highest BCUT2D eigenvalue weighted by atomic mass is 16.4. The Morgan fingerprint density at radius 2 is 0.906 bits per heavy atom. The number of aliphatic carboxylic acids is 2. The average molecular weight is 468 g/mol. The molecular weight excluding hydrogens is 440 g/mol. The van der Waals surface area contributed by atoms with Gasteiger partial charge in [0.25, 0.3) is 12.9 Å². The summed E-state index contributed by atoms with van der Waals surface area (Å²) in [6.07, 6.45) is 0. The molecule has 0 bridgehead atoms. The van der Waals surface area contributed by atoms with E-state index in [1.165, 1.54) is 0 Å². The Labute approximate surface area is 182 Å². The number of amides is 2. The lowest BCUT2D eigenvalue weighted by Gasteiger charge is -2.08. The van der Waals surface area contributed by atoms with E-state index in [1.807, 2.05) is 0 Å². The molecule has 0 rings (SSSR count). The van der Waals surface area contributed by atoms with E-state index in [1.54, 1.807) is 14.1 Å². The minimum absolute atomic E-state index is 0.135. The number of rotatable bonds is 10. The van der Waals surface area contributed by atoms with E-state index in [9.17, 15) is 28.8 Å². The molecule has 0 aliphatic heterocycles. The van der Waals surface area contributed by atoms with Crippen molar-refractivity contribution in [3.8, 4) is 0 Å². The molecule has 16 heteroatoms. The minimum atomic E-state index is -1.60. The smallest absolute Gasteiger partial charge is 0.323 e. The van der Waals surface area contributed by atoms with Gasteiger partial charge in [-0.15, -0.1) is 0 Å². The van der Waals surface area contributed by atoms with Gasteiger partial charge < -0.3 is 41.7 Å². The first kappa shape index (κ1) is 35.5. The molecule has 0 spiro atoms. The van der Waals surface area contributed by atoms with Crippen LogP contribution in [0.25, 0.3) is 0 Å². The highest BCUT2D eigenvalue weighted by molar-refractivity contribution is 6.15. The van der Waals surface area contributed by atoms with Crippen molar-refractivity contribution in [2.75, 3.05) is 27.4 Å². The molecule has 0 aromatic heterocycles. The Morgan fingerprint density at radius 1 is 0.688 bits per heavy atom. The molecule has 0 aliphatic carbocycles. The van der Waals surface area contributed by atoms with Gasteiger partial charge in [-0.3, -0.25) is 38.4 Å². The van der Waals surface area contributed by atoms with Crippen molar-refractivity contribution < 1.29 is 58.8 Å². The van der Waals surface area contributed by atoms with Crippen LogP contribution in [0.3, 0.4) is 0 Å². The SMILES string of the molecule is CNCNC(=O)C(C(C)=O)C(=O)O.CNCNC(=O)C(C(C)=O)C(=O)O.O=CO.O=CO. The molecule has 0 saturated heterocycles. The van der Waals surface area contributed by atoms with Gasteiger partial charge in [-0.1, -0.05) is 0 Å². The van der Waals surface area contributed by atoms with Gasteiger partial charge >= 0.3 is 11.9 Å². The molecule has 0 saturated carbocycles. The number of carboxylic acids is 2. The molecule has 2 amide bonds. The number of Topliss-reactive ketones (excluding diaryl/α,β-unsaturated/α-hetero) is 2. The summed E-state index contributed by atoms with van der Waals surface area (Å²) in [6.45, 7) is 1.90. The molecule has 0 aliphatic rings. The largest absolute Gasteiger partial charge is 0.483 e. The van der Waals surface area contributed by atoms with E-state index in [-0.39, 0.29) is 26.3 Å². The predicted octanol–water partition coefficient (Wildman–Crippen LogP) is -3.46. The molecule has 0 radical (unpaired) electrons. The maximum atomic E-state index is 11.0. The monoisotopic (exact) mass is 468 g/mol. The summed E-state index contributed by atoms with van der Waals surface area (Å²) in [5.41, 5.74) is 0. The fourth-order valence-electron chi connectivity index (χ4n) is 1.50. The lowest BCUT2D eigenvalue weighted by atomic mass is 10.1. The van der Waals surface area contributed by atoms with Crippen molar-refractivity contribution in [3.63, 3.8) is 0 Å². The average Bonchev–Trinajstić information content (AvgIpc) is 2.65. The van der Waals surface area contributed by atoms with Crippen molar-refractivity contribution in [3.05, 3.63) is 0 Å². The Morgan fingerprint density at radius 3 is 1.03 bits per heavy atom. The van der Waals surface area contributed by atoms with Crippen LogP contribution in [-0.4, -0.2) is 96.1 Å². The quantitative estimate of drug-likeness (QED) is 0.0880. The van der Waals surface area contributed by atoms with Crippen LogP contribution in [-0.2, 0) is 38.4 Å². The van der Waals surface area contributed by atoms with E-state index in [0.717, 1.165) is 13.8 Å². The molecule has 184 valence electrons. The molecule has 2 atom stereocenters. The first-order valence-electron chi connectivity index (χ1n) is 8.31. The molecule has 32 heavy (non-hydrogen) atoms. The molecule has 0 aromatic carbocycles. The number of carbonyl (C=O) groups excluding carboxylic acids is 4. The van der Waals surface area contributed by atoms with E-state index >= 15 is 0 Å². The van der Waals surface area contributed by atoms with Crippen LogP contribution in [0, 0.1) is 11.8 Å². The third-order valence-corrected chi connectivity index (χ3v) is 2.71. The van der Waals surface area contributed by atoms with Gasteiger partial charge in [0.05, 0.1) is 13.3 Å². The van der Waals surface area contributed by atoms with Gasteiger partial charge in [0.15, 0.2) is 23.4 Å². The van der Waals surface area contributed by atoms with Crippen molar-refractivity contribution in [1.29, 1.82) is 0 Å². The fourth-order valence-corrected chi connectivity index (χ4v) is 1.50. The first-order chi connectivity index (χ1) is 14.8. The maximum absolute atomic E-state index is 11.0. The van der Waals surface area contributed by atoms with E-state index < -0.39 is 47.2 Å². The number of nitrogens with one attached hydrogen (secondary N) is 4. The Bertz CT molecular complexity index is 557. The highest BCUT2D eigenvalue weighted by Crippen LogP contribution is 1.98. The molecule has 0 aromatic rings. The van der Waals surface area contributed by atoms with Gasteiger partial charge in [-0.05, 0) is 27.9 Å². The van der Waals surface area contributed by atoms with Crippen molar-refractivity contribution in [1.82, 2.24) is 21.3 Å². The van der Waals surface area contributed by atoms with Gasteiger partial charge in [-0.25, -0.2) is 0 Å². The minimum Gasteiger partial charge on any atom is -0.483 e. The van der Waals surface area contributed by atoms with Crippen LogP contribution in [0.5, 0.6) is 0 Å². The fraction of sp³-hybridized carbons (Fsp3) is 0.500. The molecule has 8 N–H and O–H groups in total. The van der Waals surface area contributed by atoms with Gasteiger partial charge in [0.2, 0.25) is 11.8 Å². The third-order valence-electron chi connectivity index (χ3n) is 2.71. The van der Waals surface area contributed by atoms with Crippen LogP contribution in [0.4, 0.5) is 0 Å². The topological polar surface area (TPSA) is 266 Å². The summed E-state index contributed by atoms with van der Waals surface area (Å²) in [5.74, 6) is -9.02. The van der Waals surface area contributed by atoms with Crippen molar-refractivity contribution in [2.45, 2.75) is 13.8 Å². The Hall–Kier alpha value is -3.92. The van der Waals surface area contributed by atoms with Crippen LogP contribution >= 0.6 is 0 Å². The lowest BCUT2D eigenvalue weighted by molar-refractivity contribution is -0.153. The van der Waals surface area contributed by atoms with Gasteiger partial charge in [0, 0.05) is 0 Å². The second-order valence-corrected chi connectivity index (χ2v) is 5.12. The number of carbonyl (C=O) groups is 8. The normalized spacial score (nSPS) is 10.4. The number of carboxylic acid groups (broad SMARTS) is 4. The van der Waals surface area contributed by atoms with Crippen LogP contribution < -0.4 is 21.3 Å². The maximum Gasteiger partial charge on any atom is 0.323 e. The zero-order valence-electron chi connectivity index (χ0n) is 17.8. The summed E-state index contributed by atoms with van der Waals surface area (Å²) >= 11 is 0. The molecular formula is C16H28N4O12. The summed E-state index contributed by atoms with van der Waals surface area (Å²) in [5, 5.41) is 40.5. The second kappa shape index (κ2) is 23.4. The van der Waals surface area contributed by atoms with E-state index in [0.29, 0.717) is 0 Å². The van der Waals surface area contributed by atoms with Gasteiger partial charge in [-0.2, -0.15) is 0 Å². The Balaban J connectivity index is -0.000000196.